The van der Waals surface area contributed by atoms with Crippen LogP contribution in [0.25, 0.3) is 0 Å². The number of nitrogens with zero attached hydrogens (tertiary/aromatic N) is 1. The Labute approximate surface area is 125 Å². The van der Waals surface area contributed by atoms with Gasteiger partial charge in [-0.3, -0.25) is 4.79 Å². The summed E-state index contributed by atoms with van der Waals surface area (Å²) in [5.74, 6) is 0.0522. The second kappa shape index (κ2) is 7.57. The number of carbonyl (C=O) groups excluding carboxylic acids is 1. The molecule has 20 heavy (non-hydrogen) atoms. The van der Waals surface area contributed by atoms with Crippen molar-refractivity contribution >= 4 is 17.2 Å². The van der Waals surface area contributed by atoms with Crippen molar-refractivity contribution in [1.82, 2.24) is 10.2 Å². The Morgan fingerprint density at radius 2 is 2.10 bits per heavy atom. The minimum atomic E-state index is 0.0522. The lowest BCUT2D eigenvalue weighted by Gasteiger charge is -2.21. The van der Waals surface area contributed by atoms with Gasteiger partial charge in [0.05, 0.1) is 5.56 Å². The normalized spacial score (nSPS) is 10.7. The zero-order valence-electron chi connectivity index (χ0n) is 12.9. The molecule has 0 aliphatic heterocycles. The molecule has 0 radical (unpaired) electrons. The highest BCUT2D eigenvalue weighted by Crippen LogP contribution is 2.29. The van der Waals surface area contributed by atoms with Gasteiger partial charge in [-0.2, -0.15) is 0 Å². The van der Waals surface area contributed by atoms with Crippen molar-refractivity contribution in [2.24, 2.45) is 5.73 Å². The van der Waals surface area contributed by atoms with Gasteiger partial charge < -0.3 is 16.0 Å². The van der Waals surface area contributed by atoms with Crippen LogP contribution in [0.15, 0.2) is 12.3 Å². The highest BCUT2D eigenvalue weighted by atomic mass is 32.1. The van der Waals surface area contributed by atoms with Gasteiger partial charge in [0.15, 0.2) is 0 Å². The van der Waals surface area contributed by atoms with E-state index in [1.165, 1.54) is 4.88 Å². The van der Waals surface area contributed by atoms with Gasteiger partial charge >= 0.3 is 0 Å². The van der Waals surface area contributed by atoms with Crippen LogP contribution in [0.5, 0.6) is 0 Å². The molecule has 0 bridgehead atoms. The third-order valence-corrected chi connectivity index (χ3v) is 4.47. The Balaban J connectivity index is 3.01. The number of amides is 1. The Hall–Kier alpha value is -1.17. The maximum absolute atomic E-state index is 12.6. The van der Waals surface area contributed by atoms with Crippen molar-refractivity contribution in [1.29, 1.82) is 0 Å². The van der Waals surface area contributed by atoms with Crippen molar-refractivity contribution in [3.63, 3.8) is 0 Å². The van der Waals surface area contributed by atoms with Crippen LogP contribution in [0, 0.1) is 13.8 Å². The molecule has 112 valence electrons. The third kappa shape index (κ3) is 3.69. The smallest absolute Gasteiger partial charge is 0.259 e. The van der Waals surface area contributed by atoms with Gasteiger partial charge in [-0.05, 0) is 33.3 Å². The molecular formula is C15H25N3OS. The highest BCUT2D eigenvalue weighted by Gasteiger charge is 2.22. The van der Waals surface area contributed by atoms with E-state index < -0.39 is 0 Å². The standard InChI is InChI=1S/C15H25N3OS/c1-6-18(10(2)3)15(19)14-11(4)13(20-12(14)5)9-17-8-7-16/h17H,2,6-9,16H2,1,3-5H3. The molecule has 0 aliphatic carbocycles. The number of rotatable bonds is 7. The molecule has 5 heteroatoms. The van der Waals surface area contributed by atoms with Crippen molar-refractivity contribution in [2.75, 3.05) is 19.6 Å². The number of nitrogens with two attached hydrogens (primary N) is 1. The Bertz CT molecular complexity index is 494. The largest absolute Gasteiger partial charge is 0.329 e. The van der Waals surface area contributed by atoms with E-state index in [1.807, 2.05) is 27.7 Å². The number of allylic oxidation sites excluding steroid dienone is 1. The fourth-order valence-corrected chi connectivity index (χ4v) is 3.36. The van der Waals surface area contributed by atoms with E-state index in [1.54, 1.807) is 16.2 Å². The first-order chi connectivity index (χ1) is 9.43. The van der Waals surface area contributed by atoms with Gasteiger partial charge in [0.2, 0.25) is 0 Å². The molecule has 0 unspecified atom stereocenters. The summed E-state index contributed by atoms with van der Waals surface area (Å²) in [7, 11) is 0. The topological polar surface area (TPSA) is 58.4 Å². The molecular weight excluding hydrogens is 270 g/mol. The molecule has 1 rings (SSSR count). The van der Waals surface area contributed by atoms with E-state index in [-0.39, 0.29) is 5.91 Å². The van der Waals surface area contributed by atoms with Gasteiger partial charge in [-0.1, -0.05) is 6.58 Å². The zero-order chi connectivity index (χ0) is 15.3. The highest BCUT2D eigenvalue weighted by molar-refractivity contribution is 7.12. The van der Waals surface area contributed by atoms with Crippen LogP contribution in [-0.2, 0) is 6.54 Å². The molecule has 0 saturated carbocycles. The predicted molar refractivity (Wildman–Crippen MR) is 86.1 cm³/mol. The van der Waals surface area contributed by atoms with Gasteiger partial charge in [-0.15, -0.1) is 11.3 Å². The molecule has 0 aliphatic rings. The van der Waals surface area contributed by atoms with E-state index in [4.69, 9.17) is 5.73 Å². The first kappa shape index (κ1) is 16.9. The zero-order valence-corrected chi connectivity index (χ0v) is 13.7. The Kier molecular flexibility index (Phi) is 6.39. The Morgan fingerprint density at radius 1 is 1.45 bits per heavy atom. The van der Waals surface area contributed by atoms with Crippen LogP contribution < -0.4 is 11.1 Å². The van der Waals surface area contributed by atoms with Crippen molar-refractivity contribution in [2.45, 2.75) is 34.2 Å². The summed E-state index contributed by atoms with van der Waals surface area (Å²) in [6, 6.07) is 0. The molecule has 1 aromatic heterocycles. The molecule has 0 atom stereocenters. The van der Waals surface area contributed by atoms with Gasteiger partial charge in [0.25, 0.3) is 5.91 Å². The Morgan fingerprint density at radius 3 is 2.60 bits per heavy atom. The maximum atomic E-state index is 12.6. The second-order valence-corrected chi connectivity index (χ2v) is 6.14. The lowest BCUT2D eigenvalue weighted by molar-refractivity contribution is 0.0813. The molecule has 1 heterocycles. The predicted octanol–water partition coefficient (Wildman–Crippen LogP) is 2.41. The van der Waals surface area contributed by atoms with Crippen LogP contribution >= 0.6 is 11.3 Å². The molecule has 0 fully saturated rings. The number of hydrogen-bond donors (Lipinski definition) is 2. The molecule has 1 aromatic rings. The average Bonchev–Trinajstić information content (AvgIpc) is 2.65. The fraction of sp³-hybridized carbons (Fsp3) is 0.533. The molecule has 0 aromatic carbocycles. The van der Waals surface area contributed by atoms with E-state index in [0.717, 1.165) is 34.8 Å². The molecule has 0 saturated heterocycles. The van der Waals surface area contributed by atoms with Crippen LogP contribution in [0.4, 0.5) is 0 Å². The van der Waals surface area contributed by atoms with Gasteiger partial charge in [-0.25, -0.2) is 0 Å². The van der Waals surface area contributed by atoms with Gasteiger partial charge in [0, 0.05) is 41.6 Å². The number of hydrogen-bond acceptors (Lipinski definition) is 4. The van der Waals surface area contributed by atoms with E-state index in [0.29, 0.717) is 13.1 Å². The maximum Gasteiger partial charge on any atom is 0.259 e. The van der Waals surface area contributed by atoms with Crippen LogP contribution in [0.3, 0.4) is 0 Å². The number of nitrogens with one attached hydrogen (secondary N) is 1. The van der Waals surface area contributed by atoms with E-state index in [9.17, 15) is 4.79 Å². The van der Waals surface area contributed by atoms with Crippen molar-refractivity contribution in [3.05, 3.63) is 33.2 Å². The van der Waals surface area contributed by atoms with Crippen LogP contribution in [-0.4, -0.2) is 30.4 Å². The van der Waals surface area contributed by atoms with Crippen LogP contribution in [0.2, 0.25) is 0 Å². The van der Waals surface area contributed by atoms with Crippen molar-refractivity contribution < 1.29 is 4.79 Å². The summed E-state index contributed by atoms with van der Waals surface area (Å²) in [6.45, 7) is 14.5. The fourth-order valence-electron chi connectivity index (χ4n) is 2.22. The quantitative estimate of drug-likeness (QED) is 0.760. The summed E-state index contributed by atoms with van der Waals surface area (Å²) in [4.78, 5) is 16.6. The summed E-state index contributed by atoms with van der Waals surface area (Å²) >= 11 is 1.68. The summed E-state index contributed by atoms with van der Waals surface area (Å²) < 4.78 is 0. The summed E-state index contributed by atoms with van der Waals surface area (Å²) in [5.41, 5.74) is 8.15. The third-order valence-electron chi connectivity index (χ3n) is 3.26. The molecule has 3 N–H and O–H groups in total. The summed E-state index contributed by atoms with van der Waals surface area (Å²) in [5, 5.41) is 3.28. The first-order valence-electron chi connectivity index (χ1n) is 6.91. The molecule has 1 amide bonds. The molecule has 0 spiro atoms. The van der Waals surface area contributed by atoms with Crippen LogP contribution in [0.1, 0.15) is 39.5 Å². The van der Waals surface area contributed by atoms with E-state index >= 15 is 0 Å². The van der Waals surface area contributed by atoms with Crippen molar-refractivity contribution in [3.8, 4) is 0 Å². The van der Waals surface area contributed by atoms with E-state index in [2.05, 4.69) is 11.9 Å². The summed E-state index contributed by atoms with van der Waals surface area (Å²) in [6.07, 6.45) is 0. The lowest BCUT2D eigenvalue weighted by Crippen LogP contribution is -2.29. The lowest BCUT2D eigenvalue weighted by atomic mass is 10.1. The number of carbonyl (C=O) groups is 1. The SMILES string of the molecule is C=C(C)N(CC)C(=O)c1c(C)sc(CNCCN)c1C. The molecule has 4 nitrogen and oxygen atoms in total. The monoisotopic (exact) mass is 295 g/mol. The first-order valence-corrected chi connectivity index (χ1v) is 7.72. The minimum Gasteiger partial charge on any atom is -0.329 e. The minimum absolute atomic E-state index is 0.0522. The second-order valence-electron chi connectivity index (χ2n) is 4.83. The number of thiophene rings is 1. The average molecular weight is 295 g/mol. The number of aryl methyl sites for hydroxylation is 1. The van der Waals surface area contributed by atoms with Gasteiger partial charge in [0.1, 0.15) is 0 Å².